The van der Waals surface area contributed by atoms with Gasteiger partial charge < -0.3 is 9.47 Å². The van der Waals surface area contributed by atoms with Crippen LogP contribution in [0.25, 0.3) is 43.6 Å². The molecule has 1 saturated heterocycles. The molecular weight excluding hydrogens is 430 g/mol. The van der Waals surface area contributed by atoms with Crippen LogP contribution in [-0.4, -0.2) is 18.2 Å². The Bertz CT molecular complexity index is 1610. The van der Waals surface area contributed by atoms with E-state index in [-0.39, 0.29) is 0 Å². The van der Waals surface area contributed by atoms with Crippen molar-refractivity contribution < 1.29 is 9.47 Å². The molecule has 0 bridgehead atoms. The minimum absolute atomic E-state index is 0.525. The van der Waals surface area contributed by atoms with E-state index >= 15 is 0 Å². The number of nitrogens with zero attached hydrogens (tertiary/aromatic N) is 1. The van der Waals surface area contributed by atoms with Gasteiger partial charge in [0.05, 0.1) is 11.1 Å². The van der Waals surface area contributed by atoms with Gasteiger partial charge in [-0.2, -0.15) is 0 Å². The van der Waals surface area contributed by atoms with E-state index in [0.29, 0.717) is 11.8 Å². The van der Waals surface area contributed by atoms with Crippen molar-refractivity contribution in [2.45, 2.75) is 39.0 Å². The zero-order valence-corrected chi connectivity index (χ0v) is 20.3. The van der Waals surface area contributed by atoms with E-state index in [9.17, 15) is 0 Å². The summed E-state index contributed by atoms with van der Waals surface area (Å²) in [5.41, 5.74) is 4.83. The maximum atomic E-state index is 6.82. The molecule has 0 spiro atoms. The predicted octanol–water partition coefficient (Wildman–Crippen LogP) is 8.41. The lowest BCUT2D eigenvalue weighted by molar-refractivity contribution is 0.0853. The third-order valence-electron chi connectivity index (χ3n) is 7.73. The molecule has 0 amide bonds. The first-order valence-corrected chi connectivity index (χ1v) is 12.8. The molecule has 0 radical (unpaired) electrons. The highest BCUT2D eigenvalue weighted by Crippen LogP contribution is 2.51. The van der Waals surface area contributed by atoms with Crippen LogP contribution in [0.5, 0.6) is 11.5 Å². The fourth-order valence-corrected chi connectivity index (χ4v) is 6.08. The van der Waals surface area contributed by atoms with Gasteiger partial charge in [-0.15, -0.1) is 0 Å². The quantitative estimate of drug-likeness (QED) is 0.249. The number of benzene rings is 4. The molecule has 174 valence electrons. The van der Waals surface area contributed by atoms with Gasteiger partial charge in [0.25, 0.3) is 0 Å². The van der Waals surface area contributed by atoms with Gasteiger partial charge in [-0.3, -0.25) is 4.98 Å². The summed E-state index contributed by atoms with van der Waals surface area (Å²) in [7, 11) is 0. The second kappa shape index (κ2) is 8.07. The molecule has 7 rings (SSSR count). The summed E-state index contributed by atoms with van der Waals surface area (Å²) in [4.78, 5) is 4.91. The SMILES string of the molecule is CC(C)Cc1c2c(cc3ccccc13)-c1nccc3c1c(cc1cc(C4CCOCC4)ccc13)O2. The maximum absolute atomic E-state index is 6.82. The Morgan fingerprint density at radius 3 is 2.60 bits per heavy atom. The van der Waals surface area contributed by atoms with Crippen LogP contribution in [0.4, 0.5) is 0 Å². The number of pyridine rings is 1. The maximum Gasteiger partial charge on any atom is 0.140 e. The predicted molar refractivity (Wildman–Crippen MR) is 144 cm³/mol. The van der Waals surface area contributed by atoms with E-state index in [2.05, 4.69) is 74.5 Å². The van der Waals surface area contributed by atoms with Gasteiger partial charge in [-0.05, 0) is 81.8 Å². The highest BCUT2D eigenvalue weighted by molar-refractivity contribution is 6.16. The van der Waals surface area contributed by atoms with Crippen molar-refractivity contribution in [3.63, 3.8) is 0 Å². The van der Waals surface area contributed by atoms with Gasteiger partial charge in [0.15, 0.2) is 0 Å². The summed E-state index contributed by atoms with van der Waals surface area (Å²) in [5.74, 6) is 2.99. The van der Waals surface area contributed by atoms with E-state index in [4.69, 9.17) is 14.5 Å². The second-order valence-corrected chi connectivity index (χ2v) is 10.5. The van der Waals surface area contributed by atoms with Gasteiger partial charge >= 0.3 is 0 Å². The van der Waals surface area contributed by atoms with Gasteiger partial charge in [0, 0.05) is 30.5 Å². The molecule has 0 saturated carbocycles. The van der Waals surface area contributed by atoms with Crippen molar-refractivity contribution in [3.05, 3.63) is 78.0 Å². The zero-order chi connectivity index (χ0) is 23.5. The van der Waals surface area contributed by atoms with E-state index < -0.39 is 0 Å². The molecule has 3 heterocycles. The molecule has 1 fully saturated rings. The lowest BCUT2D eigenvalue weighted by Gasteiger charge is -2.26. The first kappa shape index (κ1) is 20.9. The molecule has 0 atom stereocenters. The Kier molecular flexibility index (Phi) is 4.82. The molecule has 2 aliphatic heterocycles. The first-order chi connectivity index (χ1) is 17.2. The Morgan fingerprint density at radius 2 is 1.74 bits per heavy atom. The average molecular weight is 460 g/mol. The Balaban J connectivity index is 1.49. The first-order valence-electron chi connectivity index (χ1n) is 12.8. The van der Waals surface area contributed by atoms with Crippen LogP contribution < -0.4 is 4.74 Å². The van der Waals surface area contributed by atoms with E-state index in [0.717, 1.165) is 60.6 Å². The molecular formula is C32H29NO2. The number of hydrogen-bond acceptors (Lipinski definition) is 3. The minimum atomic E-state index is 0.525. The molecule has 3 heteroatoms. The van der Waals surface area contributed by atoms with Crippen LogP contribution in [0.15, 0.2) is 66.9 Å². The van der Waals surface area contributed by atoms with Crippen molar-refractivity contribution in [1.82, 2.24) is 4.98 Å². The number of ether oxygens (including phenoxy) is 2. The van der Waals surface area contributed by atoms with Gasteiger partial charge in [-0.1, -0.05) is 56.3 Å². The third-order valence-corrected chi connectivity index (χ3v) is 7.73. The van der Waals surface area contributed by atoms with Crippen LogP contribution in [-0.2, 0) is 11.2 Å². The molecule has 1 aromatic heterocycles. The van der Waals surface area contributed by atoms with Crippen LogP contribution in [0.1, 0.15) is 43.7 Å². The molecule has 0 unspecified atom stereocenters. The second-order valence-electron chi connectivity index (χ2n) is 10.5. The van der Waals surface area contributed by atoms with Gasteiger partial charge in [0.2, 0.25) is 0 Å². The molecule has 35 heavy (non-hydrogen) atoms. The topological polar surface area (TPSA) is 31.4 Å². The van der Waals surface area contributed by atoms with Crippen molar-refractivity contribution in [1.29, 1.82) is 0 Å². The van der Waals surface area contributed by atoms with Crippen LogP contribution in [0.2, 0.25) is 0 Å². The van der Waals surface area contributed by atoms with Crippen LogP contribution >= 0.6 is 0 Å². The fourth-order valence-electron chi connectivity index (χ4n) is 6.08. The molecule has 2 aliphatic rings. The van der Waals surface area contributed by atoms with Crippen molar-refractivity contribution in [2.24, 2.45) is 5.92 Å². The molecule has 0 aliphatic carbocycles. The summed E-state index contributed by atoms with van der Waals surface area (Å²) in [6, 6.07) is 22.3. The fraction of sp³-hybridized carbons (Fsp3) is 0.281. The molecule has 3 nitrogen and oxygen atoms in total. The third kappa shape index (κ3) is 3.33. The average Bonchev–Trinajstić information content (AvgIpc) is 2.89. The van der Waals surface area contributed by atoms with Crippen LogP contribution in [0, 0.1) is 5.92 Å². The largest absolute Gasteiger partial charge is 0.456 e. The van der Waals surface area contributed by atoms with E-state index in [1.165, 1.54) is 38.1 Å². The molecule has 0 N–H and O–H groups in total. The highest BCUT2D eigenvalue weighted by atomic mass is 16.5. The van der Waals surface area contributed by atoms with Crippen molar-refractivity contribution >= 4 is 32.3 Å². The summed E-state index contributed by atoms with van der Waals surface area (Å²) in [6.45, 7) is 6.25. The number of rotatable bonds is 3. The summed E-state index contributed by atoms with van der Waals surface area (Å²) >= 11 is 0. The standard InChI is InChI=1S/C32H29NO2/c1-19(2)15-27-24-6-4-3-5-22(24)17-28-31-30-26(9-12-33-31)25-8-7-21(20-10-13-34-14-11-20)16-23(25)18-29(30)35-32(27)28/h3-9,12,16-20H,10-11,13-15H2,1-2H3. The monoisotopic (exact) mass is 459 g/mol. The Hall–Kier alpha value is -3.43. The Labute approximate surface area is 205 Å². The number of fused-ring (bicyclic) bond motifs is 5. The van der Waals surface area contributed by atoms with E-state index in [1.54, 1.807) is 0 Å². The Morgan fingerprint density at radius 1 is 0.886 bits per heavy atom. The summed E-state index contributed by atoms with van der Waals surface area (Å²) < 4.78 is 12.4. The van der Waals surface area contributed by atoms with Crippen molar-refractivity contribution in [2.75, 3.05) is 13.2 Å². The van der Waals surface area contributed by atoms with Gasteiger partial charge in [0.1, 0.15) is 11.5 Å². The number of hydrogen-bond donors (Lipinski definition) is 0. The smallest absolute Gasteiger partial charge is 0.140 e. The lowest BCUT2D eigenvalue weighted by Crippen LogP contribution is -2.13. The summed E-state index contributed by atoms with van der Waals surface area (Å²) in [5, 5.41) is 7.36. The highest BCUT2D eigenvalue weighted by Gasteiger charge is 2.27. The normalized spacial score (nSPS) is 15.6. The minimum Gasteiger partial charge on any atom is -0.456 e. The number of aromatic nitrogens is 1. The molecule has 4 aromatic carbocycles. The lowest BCUT2D eigenvalue weighted by atomic mass is 9.87. The van der Waals surface area contributed by atoms with Crippen molar-refractivity contribution in [3.8, 4) is 22.8 Å². The molecule has 5 aromatic rings. The summed E-state index contributed by atoms with van der Waals surface area (Å²) in [6.07, 6.45) is 5.11. The van der Waals surface area contributed by atoms with Crippen LogP contribution in [0.3, 0.4) is 0 Å². The van der Waals surface area contributed by atoms with E-state index in [1.807, 2.05) is 6.20 Å². The zero-order valence-electron chi connectivity index (χ0n) is 20.3. The van der Waals surface area contributed by atoms with Gasteiger partial charge in [-0.25, -0.2) is 0 Å².